The second-order valence-corrected chi connectivity index (χ2v) is 5.61. The van der Waals surface area contributed by atoms with Crippen molar-refractivity contribution in [1.82, 2.24) is 15.3 Å². The van der Waals surface area contributed by atoms with Crippen molar-refractivity contribution in [1.29, 1.82) is 0 Å². The molecule has 0 spiro atoms. The van der Waals surface area contributed by atoms with Crippen molar-refractivity contribution in [3.05, 3.63) is 42.4 Å². The largest absolute Gasteiger partial charge is 0.388 e. The Morgan fingerprint density at radius 1 is 1.33 bits per heavy atom. The lowest BCUT2D eigenvalue weighted by Gasteiger charge is -2.22. The number of para-hydroxylation sites is 2. The number of imidazole rings is 1. The zero-order valence-electron chi connectivity index (χ0n) is 11.4. The van der Waals surface area contributed by atoms with Crippen LogP contribution in [0.2, 0.25) is 0 Å². The fourth-order valence-electron chi connectivity index (χ4n) is 1.72. The third kappa shape index (κ3) is 2.92. The second-order valence-electron chi connectivity index (χ2n) is 5.61. The van der Waals surface area contributed by atoms with E-state index in [-0.39, 0.29) is 5.41 Å². The molecule has 0 bridgehead atoms. The first-order chi connectivity index (χ1) is 8.47. The van der Waals surface area contributed by atoms with E-state index in [4.69, 9.17) is 0 Å². The van der Waals surface area contributed by atoms with E-state index in [1.807, 2.05) is 24.3 Å². The minimum Gasteiger partial charge on any atom is -0.388 e. The molecule has 0 aliphatic carbocycles. The summed E-state index contributed by atoms with van der Waals surface area (Å²) in [6.45, 7) is 11.4. The van der Waals surface area contributed by atoms with E-state index in [0.717, 1.165) is 35.5 Å². The standard InChI is InChI=1S/C15H21N3/c1-11(15(2,3)4)16-10-9-14-17-12-7-5-6-8-13(12)18-14/h5-8,16H,1,9-10H2,2-4H3,(H,17,18). The fourth-order valence-corrected chi connectivity index (χ4v) is 1.72. The van der Waals surface area contributed by atoms with Crippen LogP contribution in [0.3, 0.4) is 0 Å². The van der Waals surface area contributed by atoms with E-state index in [1.54, 1.807) is 0 Å². The topological polar surface area (TPSA) is 40.7 Å². The summed E-state index contributed by atoms with van der Waals surface area (Å²) in [7, 11) is 0. The summed E-state index contributed by atoms with van der Waals surface area (Å²) in [5.41, 5.74) is 3.30. The second kappa shape index (κ2) is 4.84. The Hall–Kier alpha value is -1.77. The smallest absolute Gasteiger partial charge is 0.108 e. The van der Waals surface area contributed by atoms with Crippen LogP contribution in [0.25, 0.3) is 11.0 Å². The minimum atomic E-state index is 0.105. The maximum Gasteiger partial charge on any atom is 0.108 e. The van der Waals surface area contributed by atoms with Crippen LogP contribution in [-0.4, -0.2) is 16.5 Å². The molecule has 3 heteroatoms. The molecule has 1 heterocycles. The highest BCUT2D eigenvalue weighted by Crippen LogP contribution is 2.20. The number of nitrogens with one attached hydrogen (secondary N) is 2. The number of rotatable bonds is 4. The number of allylic oxidation sites excluding steroid dienone is 1. The highest BCUT2D eigenvalue weighted by Gasteiger charge is 2.14. The average molecular weight is 243 g/mol. The van der Waals surface area contributed by atoms with Gasteiger partial charge in [0.2, 0.25) is 0 Å². The highest BCUT2D eigenvalue weighted by molar-refractivity contribution is 5.74. The van der Waals surface area contributed by atoms with Crippen molar-refractivity contribution in [3.63, 3.8) is 0 Å². The number of hydrogen-bond acceptors (Lipinski definition) is 2. The quantitative estimate of drug-likeness (QED) is 0.865. The van der Waals surface area contributed by atoms with Gasteiger partial charge in [-0.05, 0) is 12.1 Å². The first-order valence-corrected chi connectivity index (χ1v) is 6.34. The zero-order chi connectivity index (χ0) is 13.2. The Kier molecular flexibility index (Phi) is 3.41. The molecule has 18 heavy (non-hydrogen) atoms. The first-order valence-electron chi connectivity index (χ1n) is 6.34. The Morgan fingerprint density at radius 2 is 2.06 bits per heavy atom. The van der Waals surface area contributed by atoms with Gasteiger partial charge < -0.3 is 10.3 Å². The molecule has 0 amide bonds. The van der Waals surface area contributed by atoms with Gasteiger partial charge in [-0.1, -0.05) is 39.5 Å². The lowest BCUT2D eigenvalue weighted by Crippen LogP contribution is -2.25. The third-order valence-electron chi connectivity index (χ3n) is 3.04. The van der Waals surface area contributed by atoms with Gasteiger partial charge in [-0.2, -0.15) is 0 Å². The average Bonchev–Trinajstić information content (AvgIpc) is 2.70. The SMILES string of the molecule is C=C(NCCc1nc2ccccc2[nH]1)C(C)(C)C. The number of H-pyrrole nitrogens is 1. The molecule has 0 fully saturated rings. The molecule has 0 unspecified atom stereocenters. The molecule has 1 aromatic heterocycles. The van der Waals surface area contributed by atoms with Crippen molar-refractivity contribution >= 4 is 11.0 Å². The van der Waals surface area contributed by atoms with E-state index in [9.17, 15) is 0 Å². The third-order valence-corrected chi connectivity index (χ3v) is 3.04. The van der Waals surface area contributed by atoms with Crippen LogP contribution in [0.1, 0.15) is 26.6 Å². The molecule has 0 atom stereocenters. The lowest BCUT2D eigenvalue weighted by molar-refractivity contribution is 0.462. The first kappa shape index (κ1) is 12.7. The van der Waals surface area contributed by atoms with Gasteiger partial charge in [0, 0.05) is 24.1 Å². The van der Waals surface area contributed by atoms with Crippen LogP contribution < -0.4 is 5.32 Å². The van der Waals surface area contributed by atoms with E-state index in [0.29, 0.717) is 0 Å². The normalized spacial score (nSPS) is 11.7. The summed E-state index contributed by atoms with van der Waals surface area (Å²) in [4.78, 5) is 7.87. The van der Waals surface area contributed by atoms with Crippen LogP contribution in [0.15, 0.2) is 36.5 Å². The number of benzene rings is 1. The van der Waals surface area contributed by atoms with E-state index in [1.165, 1.54) is 0 Å². The van der Waals surface area contributed by atoms with Gasteiger partial charge in [-0.25, -0.2) is 4.98 Å². The summed E-state index contributed by atoms with van der Waals surface area (Å²) in [5, 5.41) is 3.36. The summed E-state index contributed by atoms with van der Waals surface area (Å²) in [6.07, 6.45) is 0.879. The molecule has 96 valence electrons. The molecular formula is C15H21N3. The van der Waals surface area contributed by atoms with Gasteiger partial charge in [-0.3, -0.25) is 0 Å². The molecular weight excluding hydrogens is 222 g/mol. The zero-order valence-corrected chi connectivity index (χ0v) is 11.4. The van der Waals surface area contributed by atoms with Gasteiger partial charge in [0.05, 0.1) is 11.0 Å². The molecule has 0 radical (unpaired) electrons. The van der Waals surface area contributed by atoms with Crippen LogP contribution in [0.5, 0.6) is 0 Å². The van der Waals surface area contributed by atoms with Gasteiger partial charge in [0.1, 0.15) is 5.82 Å². The predicted molar refractivity (Wildman–Crippen MR) is 76.4 cm³/mol. The molecule has 0 aliphatic rings. The van der Waals surface area contributed by atoms with Crippen LogP contribution in [0.4, 0.5) is 0 Å². The van der Waals surface area contributed by atoms with Gasteiger partial charge >= 0.3 is 0 Å². The number of fused-ring (bicyclic) bond motifs is 1. The maximum absolute atomic E-state index is 4.55. The number of aromatic amines is 1. The molecule has 2 N–H and O–H groups in total. The van der Waals surface area contributed by atoms with Crippen LogP contribution in [-0.2, 0) is 6.42 Å². The highest BCUT2D eigenvalue weighted by atomic mass is 14.9. The molecule has 0 saturated heterocycles. The summed E-state index contributed by atoms with van der Waals surface area (Å²) in [6, 6.07) is 8.10. The van der Waals surface area contributed by atoms with Gasteiger partial charge in [-0.15, -0.1) is 0 Å². The number of hydrogen-bond donors (Lipinski definition) is 2. The van der Waals surface area contributed by atoms with E-state index >= 15 is 0 Å². The van der Waals surface area contributed by atoms with Crippen LogP contribution in [0, 0.1) is 5.41 Å². The van der Waals surface area contributed by atoms with Crippen molar-refractivity contribution in [2.24, 2.45) is 5.41 Å². The van der Waals surface area contributed by atoms with Crippen molar-refractivity contribution < 1.29 is 0 Å². The van der Waals surface area contributed by atoms with Gasteiger partial charge in [0.15, 0.2) is 0 Å². The molecule has 2 rings (SSSR count). The molecule has 0 saturated carbocycles. The van der Waals surface area contributed by atoms with Crippen molar-refractivity contribution in [2.45, 2.75) is 27.2 Å². The lowest BCUT2D eigenvalue weighted by atomic mass is 9.93. The summed E-state index contributed by atoms with van der Waals surface area (Å²) >= 11 is 0. The van der Waals surface area contributed by atoms with E-state index < -0.39 is 0 Å². The summed E-state index contributed by atoms with van der Waals surface area (Å²) < 4.78 is 0. The van der Waals surface area contributed by atoms with Crippen molar-refractivity contribution in [2.75, 3.05) is 6.54 Å². The van der Waals surface area contributed by atoms with Gasteiger partial charge in [0.25, 0.3) is 0 Å². The predicted octanol–water partition coefficient (Wildman–Crippen LogP) is 3.25. The molecule has 3 nitrogen and oxygen atoms in total. The maximum atomic E-state index is 4.55. The number of aromatic nitrogens is 2. The molecule has 1 aromatic carbocycles. The Balaban J connectivity index is 1.93. The van der Waals surface area contributed by atoms with Crippen LogP contribution >= 0.6 is 0 Å². The fraction of sp³-hybridized carbons (Fsp3) is 0.400. The van der Waals surface area contributed by atoms with Crippen molar-refractivity contribution in [3.8, 4) is 0 Å². The number of nitrogens with zero attached hydrogens (tertiary/aromatic N) is 1. The monoisotopic (exact) mass is 243 g/mol. The Morgan fingerprint density at radius 3 is 2.72 bits per heavy atom. The Bertz CT molecular complexity index is 513. The molecule has 0 aliphatic heterocycles. The minimum absolute atomic E-state index is 0.105. The van der Waals surface area contributed by atoms with E-state index in [2.05, 4.69) is 42.6 Å². The Labute approximate surface area is 108 Å². The summed E-state index contributed by atoms with van der Waals surface area (Å²) in [5.74, 6) is 1.02. The molecule has 2 aromatic rings.